The highest BCUT2D eigenvalue weighted by atomic mass is 16.5. The Labute approximate surface area is 160 Å². The molecule has 1 unspecified atom stereocenters. The van der Waals surface area contributed by atoms with Gasteiger partial charge >= 0.3 is 5.63 Å². The van der Waals surface area contributed by atoms with Crippen LogP contribution in [0.1, 0.15) is 45.4 Å². The van der Waals surface area contributed by atoms with Crippen molar-refractivity contribution in [3.63, 3.8) is 0 Å². The van der Waals surface area contributed by atoms with Crippen molar-refractivity contribution in [2.45, 2.75) is 45.4 Å². The van der Waals surface area contributed by atoms with Gasteiger partial charge in [-0.05, 0) is 79.9 Å². The van der Waals surface area contributed by atoms with Crippen LogP contribution in [0, 0.1) is 29.1 Å². The van der Waals surface area contributed by atoms with Gasteiger partial charge in [0.05, 0.1) is 6.61 Å². The largest absolute Gasteiger partial charge is 0.493 e. The highest BCUT2D eigenvalue weighted by Crippen LogP contribution is 2.62. The molecule has 0 N–H and O–H groups in total. The number of benzene rings is 1. The fraction of sp³-hybridized carbons (Fsp3) is 0.542. The fourth-order valence-electron chi connectivity index (χ4n) is 6.23. The Morgan fingerprint density at radius 3 is 2.85 bits per heavy atom. The molecule has 0 bridgehead atoms. The second kappa shape index (κ2) is 6.25. The van der Waals surface area contributed by atoms with Crippen molar-refractivity contribution in [2.24, 2.45) is 29.1 Å². The molecule has 5 atom stereocenters. The zero-order chi connectivity index (χ0) is 18.6. The van der Waals surface area contributed by atoms with Gasteiger partial charge in [-0.3, -0.25) is 0 Å². The topological polar surface area (TPSA) is 39.4 Å². The Morgan fingerprint density at radius 1 is 1.19 bits per heavy atom. The van der Waals surface area contributed by atoms with Crippen molar-refractivity contribution >= 4 is 11.0 Å². The molecule has 1 aromatic heterocycles. The quantitative estimate of drug-likeness (QED) is 0.527. The van der Waals surface area contributed by atoms with Crippen LogP contribution in [0.25, 0.3) is 11.0 Å². The Kier molecular flexibility index (Phi) is 3.96. The monoisotopic (exact) mass is 364 g/mol. The van der Waals surface area contributed by atoms with E-state index < -0.39 is 0 Å². The van der Waals surface area contributed by atoms with Crippen LogP contribution in [0.5, 0.6) is 5.75 Å². The first-order valence-corrected chi connectivity index (χ1v) is 10.4. The molecule has 2 aromatic rings. The average molecular weight is 364 g/mol. The molecular weight excluding hydrogens is 336 g/mol. The molecule has 0 aliphatic heterocycles. The maximum Gasteiger partial charge on any atom is 0.336 e. The van der Waals surface area contributed by atoms with Gasteiger partial charge in [-0.1, -0.05) is 19.1 Å². The van der Waals surface area contributed by atoms with Crippen LogP contribution in [0.3, 0.4) is 0 Å². The fourth-order valence-corrected chi connectivity index (χ4v) is 6.23. The normalized spacial score (nSPS) is 35.2. The maximum absolute atomic E-state index is 11.5. The van der Waals surface area contributed by atoms with Gasteiger partial charge in [-0.2, -0.15) is 0 Å². The molecule has 0 amide bonds. The Bertz CT molecular complexity index is 942. The molecule has 0 saturated heterocycles. The van der Waals surface area contributed by atoms with E-state index in [2.05, 4.69) is 13.5 Å². The van der Waals surface area contributed by atoms with Crippen LogP contribution >= 0.6 is 0 Å². The van der Waals surface area contributed by atoms with Gasteiger partial charge in [0.25, 0.3) is 0 Å². The van der Waals surface area contributed by atoms with E-state index in [0.717, 1.165) is 35.3 Å². The van der Waals surface area contributed by atoms with Crippen LogP contribution in [0.4, 0.5) is 0 Å². The van der Waals surface area contributed by atoms with Crippen molar-refractivity contribution in [1.29, 1.82) is 0 Å². The SMILES string of the molecule is C=C1CCC2[C@H]3CC[C@H]3CC[C@]2(C)[C@H]1COc1ccc2ccc(=O)oc2c1. The highest BCUT2D eigenvalue weighted by molar-refractivity contribution is 5.77. The lowest BCUT2D eigenvalue weighted by molar-refractivity contribution is -0.0896. The van der Waals surface area contributed by atoms with Crippen molar-refractivity contribution in [1.82, 2.24) is 0 Å². The summed E-state index contributed by atoms with van der Waals surface area (Å²) in [4.78, 5) is 11.5. The van der Waals surface area contributed by atoms with Crippen molar-refractivity contribution in [2.75, 3.05) is 6.61 Å². The average Bonchev–Trinajstić information content (AvgIpc) is 2.62. The zero-order valence-electron chi connectivity index (χ0n) is 16.1. The van der Waals surface area contributed by atoms with Crippen molar-refractivity contribution in [3.8, 4) is 5.75 Å². The van der Waals surface area contributed by atoms with E-state index in [0.29, 0.717) is 23.5 Å². The lowest BCUT2D eigenvalue weighted by Crippen LogP contribution is -2.53. The van der Waals surface area contributed by atoms with Crippen LogP contribution in [0.2, 0.25) is 0 Å². The highest BCUT2D eigenvalue weighted by Gasteiger charge is 2.55. The first-order valence-electron chi connectivity index (χ1n) is 10.4. The molecule has 0 radical (unpaired) electrons. The van der Waals surface area contributed by atoms with Crippen molar-refractivity contribution in [3.05, 3.63) is 52.9 Å². The first kappa shape index (κ1) is 17.1. The van der Waals surface area contributed by atoms with E-state index in [1.807, 2.05) is 18.2 Å². The summed E-state index contributed by atoms with van der Waals surface area (Å²) in [5.74, 6) is 3.94. The molecule has 5 rings (SSSR count). The molecule has 3 saturated carbocycles. The van der Waals surface area contributed by atoms with Gasteiger partial charge in [-0.15, -0.1) is 0 Å². The smallest absolute Gasteiger partial charge is 0.336 e. The summed E-state index contributed by atoms with van der Waals surface area (Å²) in [5.41, 5.74) is 1.94. The lowest BCUT2D eigenvalue weighted by Gasteiger charge is -2.60. The third kappa shape index (κ3) is 2.74. The van der Waals surface area contributed by atoms with Crippen LogP contribution in [-0.4, -0.2) is 6.61 Å². The molecule has 3 fully saturated rings. The molecular formula is C24H28O3. The maximum atomic E-state index is 11.5. The predicted molar refractivity (Wildman–Crippen MR) is 107 cm³/mol. The number of hydrogen-bond donors (Lipinski definition) is 0. The zero-order valence-corrected chi connectivity index (χ0v) is 16.1. The van der Waals surface area contributed by atoms with E-state index in [4.69, 9.17) is 9.15 Å². The van der Waals surface area contributed by atoms with E-state index in [1.165, 1.54) is 43.7 Å². The molecule has 27 heavy (non-hydrogen) atoms. The van der Waals surface area contributed by atoms with Gasteiger partial charge in [0, 0.05) is 23.4 Å². The molecule has 3 heteroatoms. The van der Waals surface area contributed by atoms with E-state index >= 15 is 0 Å². The molecule has 142 valence electrons. The third-order valence-corrected chi connectivity index (χ3v) is 7.97. The van der Waals surface area contributed by atoms with E-state index in [1.54, 1.807) is 6.07 Å². The number of hydrogen-bond acceptors (Lipinski definition) is 3. The summed E-state index contributed by atoms with van der Waals surface area (Å²) < 4.78 is 11.5. The van der Waals surface area contributed by atoms with Gasteiger partial charge in [0.1, 0.15) is 11.3 Å². The van der Waals surface area contributed by atoms with Gasteiger partial charge in [-0.25, -0.2) is 4.79 Å². The number of fused-ring (bicyclic) bond motifs is 4. The van der Waals surface area contributed by atoms with Gasteiger partial charge in [0.15, 0.2) is 0 Å². The van der Waals surface area contributed by atoms with E-state index in [-0.39, 0.29) is 5.63 Å². The first-order chi connectivity index (χ1) is 13.0. The molecule has 3 nitrogen and oxygen atoms in total. The minimum atomic E-state index is -0.326. The summed E-state index contributed by atoms with van der Waals surface area (Å²) in [6.45, 7) is 7.59. The van der Waals surface area contributed by atoms with Crippen molar-refractivity contribution < 1.29 is 9.15 Å². The Balaban J connectivity index is 1.37. The number of rotatable bonds is 3. The molecule has 0 spiro atoms. The van der Waals surface area contributed by atoms with Gasteiger partial charge in [0.2, 0.25) is 0 Å². The Morgan fingerprint density at radius 2 is 2.04 bits per heavy atom. The summed E-state index contributed by atoms with van der Waals surface area (Å²) in [7, 11) is 0. The van der Waals surface area contributed by atoms with Crippen LogP contribution in [0.15, 0.2) is 51.7 Å². The standard InChI is InChI=1S/C24H28O3/c1-15-3-9-20-19-8-5-16(19)11-12-24(20,2)21(15)14-26-18-7-4-17-6-10-23(25)27-22(17)13-18/h4,6-7,10,13,16,19-21H,1,3,5,8-9,11-12,14H2,2H3/t16-,19-,20?,21-,24-/m0/s1. The summed E-state index contributed by atoms with van der Waals surface area (Å²) in [5, 5.41) is 0.916. The summed E-state index contributed by atoms with van der Waals surface area (Å²) in [6, 6.07) is 9.00. The third-order valence-electron chi connectivity index (χ3n) is 7.97. The second-order valence-corrected chi connectivity index (χ2v) is 9.17. The van der Waals surface area contributed by atoms with Crippen LogP contribution < -0.4 is 10.4 Å². The molecule has 3 aliphatic carbocycles. The molecule has 3 aliphatic rings. The minimum Gasteiger partial charge on any atom is -0.493 e. The molecule has 1 aromatic carbocycles. The molecule has 1 heterocycles. The lowest BCUT2D eigenvalue weighted by atomic mass is 9.45. The van der Waals surface area contributed by atoms with E-state index in [9.17, 15) is 4.79 Å². The van der Waals surface area contributed by atoms with Crippen LogP contribution in [-0.2, 0) is 0 Å². The Hall–Kier alpha value is -2.03. The summed E-state index contributed by atoms with van der Waals surface area (Å²) >= 11 is 0. The summed E-state index contributed by atoms with van der Waals surface area (Å²) in [6.07, 6.45) is 8.01. The second-order valence-electron chi connectivity index (χ2n) is 9.17. The number of ether oxygens (including phenoxy) is 1. The van der Waals surface area contributed by atoms with Gasteiger partial charge < -0.3 is 9.15 Å². The predicted octanol–water partition coefficient (Wildman–Crippen LogP) is 5.58. The minimum absolute atomic E-state index is 0.320.